The Labute approximate surface area is 142 Å². The van der Waals surface area contributed by atoms with Gasteiger partial charge >= 0.3 is 0 Å². The average molecular weight is 396 g/mol. The highest BCUT2D eigenvalue weighted by Gasteiger charge is 2.31. The van der Waals surface area contributed by atoms with Gasteiger partial charge in [-0.2, -0.15) is 0 Å². The molecule has 1 aromatic carbocycles. The van der Waals surface area contributed by atoms with Gasteiger partial charge in [0.1, 0.15) is 10.7 Å². The molecule has 2 heterocycles. The van der Waals surface area contributed by atoms with Crippen molar-refractivity contribution >= 4 is 43.4 Å². The van der Waals surface area contributed by atoms with E-state index in [2.05, 4.69) is 25.6 Å². The predicted octanol–water partition coefficient (Wildman–Crippen LogP) is 2.55. The number of halogens is 1. The van der Waals surface area contributed by atoms with Crippen LogP contribution in [-0.4, -0.2) is 25.9 Å². The monoisotopic (exact) mass is 395 g/mol. The highest BCUT2D eigenvalue weighted by molar-refractivity contribution is 9.10. The molecule has 120 valence electrons. The SMILES string of the molecule is CC(=O)N1CCc2cc(Br)cc(S(=O)(=O)Nc3ccccn3)c21. The molecule has 6 nitrogen and oxygen atoms in total. The molecule has 0 fully saturated rings. The van der Waals surface area contributed by atoms with E-state index in [1.54, 1.807) is 18.2 Å². The number of hydrogen-bond donors (Lipinski definition) is 1. The number of nitrogens with one attached hydrogen (secondary N) is 1. The fourth-order valence-corrected chi connectivity index (χ4v) is 4.55. The van der Waals surface area contributed by atoms with Crippen molar-refractivity contribution < 1.29 is 13.2 Å². The molecule has 0 atom stereocenters. The molecule has 0 saturated heterocycles. The molecule has 1 aliphatic heterocycles. The van der Waals surface area contributed by atoms with Gasteiger partial charge in [0, 0.05) is 24.1 Å². The van der Waals surface area contributed by atoms with Crippen molar-refractivity contribution in [2.24, 2.45) is 0 Å². The van der Waals surface area contributed by atoms with Crippen LogP contribution < -0.4 is 9.62 Å². The van der Waals surface area contributed by atoms with E-state index in [-0.39, 0.29) is 16.6 Å². The molecule has 0 aliphatic carbocycles. The first kappa shape index (κ1) is 15.9. The van der Waals surface area contributed by atoms with Gasteiger partial charge in [-0.3, -0.25) is 9.52 Å². The van der Waals surface area contributed by atoms with Crippen molar-refractivity contribution in [1.29, 1.82) is 0 Å². The van der Waals surface area contributed by atoms with E-state index < -0.39 is 10.0 Å². The van der Waals surface area contributed by atoms with Crippen LogP contribution in [0.5, 0.6) is 0 Å². The van der Waals surface area contributed by atoms with Crippen molar-refractivity contribution in [2.45, 2.75) is 18.2 Å². The third kappa shape index (κ3) is 3.09. The van der Waals surface area contributed by atoms with Crippen molar-refractivity contribution in [2.75, 3.05) is 16.2 Å². The predicted molar refractivity (Wildman–Crippen MR) is 90.9 cm³/mol. The number of rotatable bonds is 3. The topological polar surface area (TPSA) is 79.4 Å². The Bertz CT molecular complexity index is 869. The van der Waals surface area contributed by atoms with E-state index >= 15 is 0 Å². The summed E-state index contributed by atoms with van der Waals surface area (Å²) < 4.78 is 28.7. The normalized spacial score (nSPS) is 13.7. The highest BCUT2D eigenvalue weighted by atomic mass is 79.9. The van der Waals surface area contributed by atoms with Crippen LogP contribution in [0.4, 0.5) is 11.5 Å². The molecular formula is C15H14BrN3O3S. The maximum absolute atomic E-state index is 12.8. The van der Waals surface area contributed by atoms with Crippen molar-refractivity contribution in [1.82, 2.24) is 4.98 Å². The van der Waals surface area contributed by atoms with Gasteiger partial charge in [-0.25, -0.2) is 13.4 Å². The zero-order valence-corrected chi connectivity index (χ0v) is 14.7. The second-order valence-corrected chi connectivity index (χ2v) is 7.72. The number of nitrogens with zero attached hydrogens (tertiary/aromatic N) is 2. The minimum atomic E-state index is -3.86. The smallest absolute Gasteiger partial charge is 0.265 e. The molecule has 0 bridgehead atoms. The number of aromatic nitrogens is 1. The van der Waals surface area contributed by atoms with Gasteiger partial charge in [0.25, 0.3) is 10.0 Å². The molecule has 1 aliphatic rings. The van der Waals surface area contributed by atoms with E-state index in [9.17, 15) is 13.2 Å². The Hall–Kier alpha value is -1.93. The fourth-order valence-electron chi connectivity index (χ4n) is 2.60. The summed E-state index contributed by atoms with van der Waals surface area (Å²) in [7, 11) is -3.86. The van der Waals surface area contributed by atoms with Gasteiger partial charge in [-0.1, -0.05) is 22.0 Å². The average Bonchev–Trinajstić information content (AvgIpc) is 2.90. The number of anilines is 2. The number of carbonyl (C=O) groups is 1. The van der Waals surface area contributed by atoms with E-state index in [0.29, 0.717) is 23.1 Å². The quantitative estimate of drug-likeness (QED) is 0.865. The van der Waals surface area contributed by atoms with Gasteiger partial charge in [-0.05, 0) is 36.2 Å². The summed E-state index contributed by atoms with van der Waals surface area (Å²) in [6.45, 7) is 1.91. The molecule has 23 heavy (non-hydrogen) atoms. The van der Waals surface area contributed by atoms with Crippen LogP contribution in [0, 0.1) is 0 Å². The first-order valence-corrected chi connectivity index (χ1v) is 9.20. The van der Waals surface area contributed by atoms with Crippen LogP contribution in [0.3, 0.4) is 0 Å². The summed E-state index contributed by atoms with van der Waals surface area (Å²) in [5, 5.41) is 0. The van der Waals surface area contributed by atoms with E-state index in [4.69, 9.17) is 0 Å². The number of carbonyl (C=O) groups excluding carboxylic acids is 1. The third-order valence-corrected chi connectivity index (χ3v) is 5.39. The van der Waals surface area contributed by atoms with Crippen LogP contribution in [0.2, 0.25) is 0 Å². The fraction of sp³-hybridized carbons (Fsp3) is 0.200. The van der Waals surface area contributed by atoms with Gasteiger partial charge < -0.3 is 4.90 Å². The van der Waals surface area contributed by atoms with E-state index in [1.807, 2.05) is 6.07 Å². The van der Waals surface area contributed by atoms with E-state index in [1.165, 1.54) is 24.1 Å². The Morgan fingerprint density at radius 1 is 1.35 bits per heavy atom. The summed E-state index contributed by atoms with van der Waals surface area (Å²) in [5.74, 6) is 0.0500. The summed E-state index contributed by atoms with van der Waals surface area (Å²) in [5.41, 5.74) is 1.28. The molecule has 8 heteroatoms. The molecule has 1 aromatic heterocycles. The second-order valence-electron chi connectivity index (χ2n) is 5.15. The van der Waals surface area contributed by atoms with Crippen LogP contribution in [0.15, 0.2) is 45.9 Å². The number of benzene rings is 1. The minimum absolute atomic E-state index is 0.0697. The number of hydrogen-bond acceptors (Lipinski definition) is 4. The molecular weight excluding hydrogens is 382 g/mol. The lowest BCUT2D eigenvalue weighted by Gasteiger charge is -2.19. The second kappa shape index (κ2) is 5.93. The number of pyridine rings is 1. The molecule has 0 saturated carbocycles. The lowest BCUT2D eigenvalue weighted by Crippen LogP contribution is -2.28. The first-order valence-electron chi connectivity index (χ1n) is 6.93. The van der Waals surface area contributed by atoms with Crippen molar-refractivity contribution in [3.05, 3.63) is 46.6 Å². The maximum atomic E-state index is 12.8. The molecule has 0 radical (unpaired) electrons. The van der Waals surface area contributed by atoms with Crippen molar-refractivity contribution in [3.63, 3.8) is 0 Å². The van der Waals surface area contributed by atoms with Gasteiger partial charge in [-0.15, -0.1) is 0 Å². The number of amides is 1. The Morgan fingerprint density at radius 3 is 2.78 bits per heavy atom. The van der Waals surface area contributed by atoms with Crippen LogP contribution in [-0.2, 0) is 21.2 Å². The molecule has 3 rings (SSSR count). The summed E-state index contributed by atoms with van der Waals surface area (Å²) in [4.78, 5) is 17.4. The zero-order valence-electron chi connectivity index (χ0n) is 12.3. The molecule has 1 N–H and O–H groups in total. The summed E-state index contributed by atoms with van der Waals surface area (Å²) >= 11 is 3.34. The number of sulfonamides is 1. The lowest BCUT2D eigenvalue weighted by atomic mass is 10.2. The first-order chi connectivity index (χ1) is 10.9. The molecule has 0 unspecified atom stereocenters. The third-order valence-electron chi connectivity index (χ3n) is 3.57. The van der Waals surface area contributed by atoms with Gasteiger partial charge in [0.05, 0.1) is 5.69 Å². The van der Waals surface area contributed by atoms with Crippen LogP contribution in [0.1, 0.15) is 12.5 Å². The standard InChI is InChI=1S/C15H14BrN3O3S/c1-10(20)19-7-5-11-8-12(16)9-13(15(11)19)23(21,22)18-14-4-2-3-6-17-14/h2-4,6,8-9H,5,7H2,1H3,(H,17,18). The van der Waals surface area contributed by atoms with Gasteiger partial charge in [0.2, 0.25) is 5.91 Å². The summed E-state index contributed by atoms with van der Waals surface area (Å²) in [6.07, 6.45) is 2.13. The molecule has 0 spiro atoms. The molecule has 2 aromatic rings. The lowest BCUT2D eigenvalue weighted by molar-refractivity contribution is -0.116. The van der Waals surface area contributed by atoms with E-state index in [0.717, 1.165) is 5.56 Å². The Morgan fingerprint density at radius 2 is 2.13 bits per heavy atom. The minimum Gasteiger partial charge on any atom is -0.311 e. The highest BCUT2D eigenvalue weighted by Crippen LogP contribution is 2.38. The maximum Gasteiger partial charge on any atom is 0.265 e. The van der Waals surface area contributed by atoms with Gasteiger partial charge in [0.15, 0.2) is 0 Å². The van der Waals surface area contributed by atoms with Crippen LogP contribution >= 0.6 is 15.9 Å². The largest absolute Gasteiger partial charge is 0.311 e. The zero-order chi connectivity index (χ0) is 16.6. The molecule has 1 amide bonds. The summed E-state index contributed by atoms with van der Waals surface area (Å²) in [6, 6.07) is 8.31. The Balaban J connectivity index is 2.11. The Kier molecular flexibility index (Phi) is 4.11. The van der Waals surface area contributed by atoms with Crippen LogP contribution in [0.25, 0.3) is 0 Å². The number of fused-ring (bicyclic) bond motifs is 1. The van der Waals surface area contributed by atoms with Crippen molar-refractivity contribution in [3.8, 4) is 0 Å².